The third-order valence-corrected chi connectivity index (χ3v) is 5.22. The lowest BCUT2D eigenvalue weighted by molar-refractivity contribution is -0.120. The molecule has 0 aliphatic rings. The van der Waals surface area contributed by atoms with Crippen LogP contribution in [0, 0.1) is 0 Å². The molecule has 4 rings (SSSR count). The molecule has 0 bridgehead atoms. The molecule has 1 atom stereocenters. The fourth-order valence-corrected chi connectivity index (χ4v) is 3.56. The first kappa shape index (κ1) is 22.0. The van der Waals surface area contributed by atoms with Gasteiger partial charge < -0.3 is 24.5 Å². The molecule has 4 aromatic rings. The molecule has 2 amide bonds. The van der Waals surface area contributed by atoms with Gasteiger partial charge in [0.2, 0.25) is 5.91 Å². The fraction of sp³-hybridized carbons (Fsp3) is 0.154. The van der Waals surface area contributed by atoms with E-state index in [1.54, 1.807) is 18.2 Å². The molecule has 1 heterocycles. The fourth-order valence-electron chi connectivity index (χ4n) is 3.56. The molecule has 0 fully saturated rings. The third-order valence-electron chi connectivity index (χ3n) is 5.22. The Labute approximate surface area is 191 Å². The molecule has 0 radical (unpaired) electrons. The summed E-state index contributed by atoms with van der Waals surface area (Å²) < 4.78 is 16.4. The van der Waals surface area contributed by atoms with Crippen LogP contribution in [0.4, 0.5) is 0 Å². The lowest BCUT2D eigenvalue weighted by Crippen LogP contribution is -2.39. The lowest BCUT2D eigenvalue weighted by atomic mass is 10.0. The molecule has 2 N–H and O–H groups in total. The smallest absolute Gasteiger partial charge is 0.251 e. The van der Waals surface area contributed by atoms with Gasteiger partial charge in [-0.2, -0.15) is 0 Å². The average Bonchev–Trinajstić information content (AvgIpc) is 3.29. The van der Waals surface area contributed by atoms with E-state index in [4.69, 9.17) is 13.9 Å². The number of benzene rings is 3. The third kappa shape index (κ3) is 4.98. The van der Waals surface area contributed by atoms with Gasteiger partial charge in [0.1, 0.15) is 17.4 Å². The minimum Gasteiger partial charge on any atom is -0.493 e. The highest BCUT2D eigenvalue weighted by molar-refractivity contribution is 5.97. The molecule has 168 valence electrons. The number of nitrogens with one attached hydrogen (secondary N) is 2. The standard InChI is InChI=1S/C26H24N2O5/c1-31-21-13-12-19(15-22(21)32-2)26(30)27-16-24(29)28-25(17-8-4-3-5-9-17)23-14-18-10-6-7-11-20(18)33-23/h3-15,25H,16H2,1-2H3,(H,27,30)(H,28,29). The normalized spacial score (nSPS) is 11.6. The molecular weight excluding hydrogens is 420 g/mol. The van der Waals surface area contributed by atoms with Gasteiger partial charge in [-0.3, -0.25) is 9.59 Å². The number of furan rings is 1. The van der Waals surface area contributed by atoms with E-state index in [1.807, 2.05) is 60.7 Å². The Hall–Kier alpha value is -4.26. The van der Waals surface area contributed by atoms with E-state index >= 15 is 0 Å². The molecule has 0 aliphatic carbocycles. The number of amides is 2. The van der Waals surface area contributed by atoms with Crippen molar-refractivity contribution in [1.82, 2.24) is 10.6 Å². The van der Waals surface area contributed by atoms with Crippen molar-refractivity contribution >= 4 is 22.8 Å². The average molecular weight is 444 g/mol. The summed E-state index contributed by atoms with van der Waals surface area (Å²) in [5.74, 6) is 0.818. The van der Waals surface area contributed by atoms with E-state index in [-0.39, 0.29) is 12.5 Å². The molecule has 33 heavy (non-hydrogen) atoms. The highest BCUT2D eigenvalue weighted by Gasteiger charge is 2.21. The van der Waals surface area contributed by atoms with Crippen LogP contribution in [-0.2, 0) is 4.79 Å². The molecular formula is C26H24N2O5. The Morgan fingerprint density at radius 3 is 2.33 bits per heavy atom. The molecule has 3 aromatic carbocycles. The first-order valence-electron chi connectivity index (χ1n) is 10.4. The lowest BCUT2D eigenvalue weighted by Gasteiger charge is -2.17. The number of para-hydroxylation sites is 1. The summed E-state index contributed by atoms with van der Waals surface area (Å²) in [6.07, 6.45) is 0. The predicted octanol–water partition coefficient (Wildman–Crippen LogP) is 4.09. The maximum atomic E-state index is 12.8. The Kier molecular flexibility index (Phi) is 6.59. The van der Waals surface area contributed by atoms with Crippen LogP contribution in [0.25, 0.3) is 11.0 Å². The second-order valence-electron chi connectivity index (χ2n) is 7.35. The highest BCUT2D eigenvalue weighted by Crippen LogP contribution is 2.29. The van der Waals surface area contributed by atoms with Crippen molar-refractivity contribution in [2.24, 2.45) is 0 Å². The second kappa shape index (κ2) is 9.91. The number of methoxy groups -OCH3 is 2. The Morgan fingerprint density at radius 2 is 1.61 bits per heavy atom. The van der Waals surface area contributed by atoms with E-state index < -0.39 is 11.9 Å². The minimum absolute atomic E-state index is 0.198. The summed E-state index contributed by atoms with van der Waals surface area (Å²) in [5, 5.41) is 6.56. The van der Waals surface area contributed by atoms with Crippen molar-refractivity contribution in [2.45, 2.75) is 6.04 Å². The number of carbonyl (C=O) groups excluding carboxylic acids is 2. The van der Waals surface area contributed by atoms with E-state index in [1.165, 1.54) is 14.2 Å². The quantitative estimate of drug-likeness (QED) is 0.427. The number of carbonyl (C=O) groups is 2. The van der Waals surface area contributed by atoms with Crippen LogP contribution >= 0.6 is 0 Å². The van der Waals surface area contributed by atoms with Gasteiger partial charge in [-0.1, -0.05) is 48.5 Å². The van der Waals surface area contributed by atoms with Crippen molar-refractivity contribution in [3.05, 3.63) is 95.7 Å². The van der Waals surface area contributed by atoms with Gasteiger partial charge in [0, 0.05) is 10.9 Å². The van der Waals surface area contributed by atoms with Gasteiger partial charge in [0.05, 0.1) is 20.8 Å². The van der Waals surface area contributed by atoms with Gasteiger partial charge >= 0.3 is 0 Å². The zero-order valence-corrected chi connectivity index (χ0v) is 18.3. The van der Waals surface area contributed by atoms with Crippen LogP contribution in [-0.4, -0.2) is 32.6 Å². The number of fused-ring (bicyclic) bond motifs is 1. The molecule has 1 unspecified atom stereocenters. The monoisotopic (exact) mass is 444 g/mol. The van der Waals surface area contributed by atoms with Gasteiger partial charge in [0.15, 0.2) is 11.5 Å². The van der Waals surface area contributed by atoms with E-state index in [9.17, 15) is 9.59 Å². The van der Waals surface area contributed by atoms with Crippen LogP contribution in [0.1, 0.15) is 27.7 Å². The van der Waals surface area contributed by atoms with Gasteiger partial charge in [-0.05, 0) is 35.9 Å². The summed E-state index contributed by atoms with van der Waals surface area (Å²) in [5.41, 5.74) is 1.97. The number of hydrogen-bond acceptors (Lipinski definition) is 5. The van der Waals surface area contributed by atoms with Crippen LogP contribution in [0.3, 0.4) is 0 Å². The van der Waals surface area contributed by atoms with Gasteiger partial charge in [-0.15, -0.1) is 0 Å². The Balaban J connectivity index is 1.48. The Bertz CT molecular complexity index is 1230. The molecule has 0 saturated heterocycles. The summed E-state index contributed by atoms with van der Waals surface area (Å²) in [7, 11) is 3.02. The predicted molar refractivity (Wildman–Crippen MR) is 125 cm³/mol. The van der Waals surface area contributed by atoms with Crippen molar-refractivity contribution in [2.75, 3.05) is 20.8 Å². The maximum Gasteiger partial charge on any atom is 0.251 e. The molecule has 0 saturated carbocycles. The summed E-state index contributed by atoms with van der Waals surface area (Å²) in [6.45, 7) is -0.198. The topological polar surface area (TPSA) is 89.8 Å². The van der Waals surface area contributed by atoms with E-state index in [0.717, 1.165) is 16.5 Å². The van der Waals surface area contributed by atoms with Crippen LogP contribution in [0.5, 0.6) is 11.5 Å². The highest BCUT2D eigenvalue weighted by atomic mass is 16.5. The molecule has 7 nitrogen and oxygen atoms in total. The van der Waals surface area contributed by atoms with Gasteiger partial charge in [0.25, 0.3) is 5.91 Å². The van der Waals surface area contributed by atoms with Crippen LogP contribution < -0.4 is 20.1 Å². The number of ether oxygens (including phenoxy) is 2. The summed E-state index contributed by atoms with van der Waals surface area (Å²) >= 11 is 0. The largest absolute Gasteiger partial charge is 0.493 e. The van der Waals surface area contributed by atoms with E-state index in [2.05, 4.69) is 10.6 Å². The Morgan fingerprint density at radius 1 is 0.879 bits per heavy atom. The van der Waals surface area contributed by atoms with E-state index in [0.29, 0.717) is 22.8 Å². The minimum atomic E-state index is -0.496. The van der Waals surface area contributed by atoms with Crippen LogP contribution in [0.2, 0.25) is 0 Å². The van der Waals surface area contributed by atoms with Crippen molar-refractivity contribution in [3.63, 3.8) is 0 Å². The number of hydrogen-bond donors (Lipinski definition) is 2. The zero-order chi connectivity index (χ0) is 23.2. The molecule has 1 aromatic heterocycles. The molecule has 0 spiro atoms. The van der Waals surface area contributed by atoms with Crippen molar-refractivity contribution < 1.29 is 23.5 Å². The van der Waals surface area contributed by atoms with Crippen molar-refractivity contribution in [3.8, 4) is 11.5 Å². The summed E-state index contributed by atoms with van der Waals surface area (Å²) in [6, 6.07) is 23.4. The summed E-state index contributed by atoms with van der Waals surface area (Å²) in [4.78, 5) is 25.3. The maximum absolute atomic E-state index is 12.8. The molecule has 0 aliphatic heterocycles. The van der Waals surface area contributed by atoms with Crippen molar-refractivity contribution in [1.29, 1.82) is 0 Å². The SMILES string of the molecule is COc1ccc(C(=O)NCC(=O)NC(c2ccccc2)c2cc3ccccc3o2)cc1OC. The zero-order valence-electron chi connectivity index (χ0n) is 18.3. The first-order chi connectivity index (χ1) is 16.1. The second-order valence-corrected chi connectivity index (χ2v) is 7.35. The number of rotatable bonds is 8. The van der Waals surface area contributed by atoms with Crippen LogP contribution in [0.15, 0.2) is 83.3 Å². The molecule has 7 heteroatoms. The first-order valence-corrected chi connectivity index (χ1v) is 10.4. The van der Waals surface area contributed by atoms with Gasteiger partial charge in [-0.25, -0.2) is 0 Å².